The van der Waals surface area contributed by atoms with Gasteiger partial charge in [-0.1, -0.05) is 24.4 Å². The lowest BCUT2D eigenvalue weighted by atomic mass is 9.87. The van der Waals surface area contributed by atoms with Crippen molar-refractivity contribution in [3.05, 3.63) is 29.0 Å². The predicted molar refractivity (Wildman–Crippen MR) is 113 cm³/mol. The van der Waals surface area contributed by atoms with E-state index in [0.29, 0.717) is 17.8 Å². The van der Waals surface area contributed by atoms with Crippen molar-refractivity contribution in [2.24, 2.45) is 0 Å². The molecule has 7 heteroatoms. The van der Waals surface area contributed by atoms with Crippen molar-refractivity contribution in [2.45, 2.75) is 56.7 Å². The molecule has 1 aromatic rings. The number of nitrogens with one attached hydrogen (secondary N) is 1. The lowest BCUT2D eigenvalue weighted by Crippen LogP contribution is -2.57. The number of hydrogen-bond donors (Lipinski definition) is 1. The first-order chi connectivity index (χ1) is 13.4. The lowest BCUT2D eigenvalue weighted by Gasteiger charge is -2.46. The first-order valence-electron chi connectivity index (χ1n) is 10.3. The van der Waals surface area contributed by atoms with Crippen LogP contribution in [0.2, 0.25) is 5.02 Å². The fourth-order valence-corrected chi connectivity index (χ4v) is 4.85. The SMILES string of the molecule is CN1CCC(N(C)[C@@H]2CCCC[C@@H]2N(C)C(=O)Nc2ccc(F)cc2Cl)CC1. The number of nitrogens with zero attached hydrogens (tertiary/aromatic N) is 3. The molecule has 1 N–H and O–H groups in total. The minimum Gasteiger partial charge on any atom is -0.323 e. The zero-order chi connectivity index (χ0) is 20.3. The number of benzene rings is 1. The third kappa shape index (κ3) is 4.97. The quantitative estimate of drug-likeness (QED) is 0.805. The molecule has 1 aliphatic heterocycles. The molecule has 156 valence electrons. The number of hydrogen-bond acceptors (Lipinski definition) is 3. The molecule has 1 heterocycles. The monoisotopic (exact) mass is 410 g/mol. The van der Waals surface area contributed by atoms with Gasteiger partial charge in [-0.25, -0.2) is 9.18 Å². The van der Waals surface area contributed by atoms with Gasteiger partial charge in [-0.15, -0.1) is 0 Å². The van der Waals surface area contributed by atoms with Crippen LogP contribution in [0.3, 0.4) is 0 Å². The minimum atomic E-state index is -0.413. The Kier molecular flexibility index (Phi) is 7.18. The smallest absolute Gasteiger partial charge is 0.321 e. The van der Waals surface area contributed by atoms with Gasteiger partial charge in [0.05, 0.1) is 10.7 Å². The average molecular weight is 411 g/mol. The molecular formula is C21H32ClFN4O. The van der Waals surface area contributed by atoms with Gasteiger partial charge in [0, 0.05) is 25.2 Å². The van der Waals surface area contributed by atoms with E-state index < -0.39 is 5.82 Å². The molecular weight excluding hydrogens is 379 g/mol. The van der Waals surface area contributed by atoms with Crippen molar-refractivity contribution >= 4 is 23.3 Å². The van der Waals surface area contributed by atoms with Gasteiger partial charge in [-0.2, -0.15) is 0 Å². The van der Waals surface area contributed by atoms with Gasteiger partial charge in [-0.05, 0) is 71.1 Å². The number of halogens is 2. The molecule has 0 unspecified atom stereocenters. The standard InChI is InChI=1S/C21H32ClFN4O/c1-25-12-10-16(11-13-25)26(2)19-6-4-5-7-20(19)27(3)21(28)24-18-9-8-15(23)14-17(18)22/h8-9,14,16,19-20H,4-7,10-13H2,1-3H3,(H,24,28)/t19-,20+/m1/s1. The highest BCUT2D eigenvalue weighted by molar-refractivity contribution is 6.33. The summed E-state index contributed by atoms with van der Waals surface area (Å²) < 4.78 is 13.3. The summed E-state index contributed by atoms with van der Waals surface area (Å²) in [5.74, 6) is -0.413. The van der Waals surface area contributed by atoms with E-state index in [1.165, 1.54) is 37.5 Å². The van der Waals surface area contributed by atoms with Gasteiger partial charge in [-0.3, -0.25) is 4.90 Å². The number of likely N-dealkylation sites (tertiary alicyclic amines) is 1. The molecule has 0 aromatic heterocycles. The van der Waals surface area contributed by atoms with Crippen LogP contribution >= 0.6 is 11.6 Å². The number of piperidine rings is 1. The van der Waals surface area contributed by atoms with E-state index >= 15 is 0 Å². The molecule has 1 aromatic carbocycles. The predicted octanol–water partition coefficient (Wildman–Crippen LogP) is 4.28. The van der Waals surface area contributed by atoms with E-state index in [1.54, 1.807) is 0 Å². The summed E-state index contributed by atoms with van der Waals surface area (Å²) in [5.41, 5.74) is 0.441. The van der Waals surface area contributed by atoms with Gasteiger partial charge in [0.25, 0.3) is 0 Å². The van der Waals surface area contributed by atoms with Gasteiger partial charge in [0.1, 0.15) is 5.82 Å². The van der Waals surface area contributed by atoms with Crippen molar-refractivity contribution in [2.75, 3.05) is 39.5 Å². The number of urea groups is 1. The van der Waals surface area contributed by atoms with E-state index in [1.807, 2.05) is 11.9 Å². The van der Waals surface area contributed by atoms with Crippen LogP contribution in [0.4, 0.5) is 14.9 Å². The number of rotatable bonds is 4. The summed E-state index contributed by atoms with van der Waals surface area (Å²) in [6.07, 6.45) is 6.81. The highest BCUT2D eigenvalue weighted by Crippen LogP contribution is 2.30. The number of carbonyl (C=O) groups is 1. The summed E-state index contributed by atoms with van der Waals surface area (Å²) in [4.78, 5) is 19.6. The van der Waals surface area contributed by atoms with Crippen LogP contribution in [0.5, 0.6) is 0 Å². The van der Waals surface area contributed by atoms with E-state index in [2.05, 4.69) is 29.2 Å². The van der Waals surface area contributed by atoms with Crippen LogP contribution < -0.4 is 5.32 Å². The third-order valence-electron chi connectivity index (χ3n) is 6.47. The maximum Gasteiger partial charge on any atom is 0.321 e. The normalized spacial score (nSPS) is 24.4. The van der Waals surface area contributed by atoms with Crippen molar-refractivity contribution in [3.8, 4) is 0 Å². The molecule has 1 saturated carbocycles. The van der Waals surface area contributed by atoms with Crippen molar-refractivity contribution in [3.63, 3.8) is 0 Å². The Bertz CT molecular complexity index is 680. The Hall–Kier alpha value is -1.37. The molecule has 2 amide bonds. The molecule has 1 saturated heterocycles. The minimum absolute atomic E-state index is 0.164. The van der Waals surface area contributed by atoms with Crippen molar-refractivity contribution < 1.29 is 9.18 Å². The van der Waals surface area contributed by atoms with Gasteiger partial charge < -0.3 is 15.1 Å². The Morgan fingerprint density at radius 1 is 1.14 bits per heavy atom. The van der Waals surface area contributed by atoms with Crippen LogP contribution in [0.15, 0.2) is 18.2 Å². The zero-order valence-electron chi connectivity index (χ0n) is 17.1. The fraction of sp³-hybridized carbons (Fsp3) is 0.667. The van der Waals surface area contributed by atoms with Crippen molar-refractivity contribution in [1.29, 1.82) is 0 Å². The van der Waals surface area contributed by atoms with Gasteiger partial charge >= 0.3 is 6.03 Å². The van der Waals surface area contributed by atoms with E-state index in [0.717, 1.165) is 32.4 Å². The summed E-state index contributed by atoms with van der Waals surface area (Å²) in [7, 11) is 6.26. The Labute approximate surface area is 172 Å². The molecule has 1 aliphatic carbocycles. The second-order valence-electron chi connectivity index (χ2n) is 8.28. The zero-order valence-corrected chi connectivity index (χ0v) is 17.9. The van der Waals surface area contributed by atoms with Crippen molar-refractivity contribution in [1.82, 2.24) is 14.7 Å². The van der Waals surface area contributed by atoms with E-state index in [-0.39, 0.29) is 17.1 Å². The fourth-order valence-electron chi connectivity index (χ4n) is 4.64. The second kappa shape index (κ2) is 9.42. The van der Waals surface area contributed by atoms with Gasteiger partial charge in [0.2, 0.25) is 0 Å². The summed E-state index contributed by atoms with van der Waals surface area (Å²) in [5, 5.41) is 3.06. The topological polar surface area (TPSA) is 38.8 Å². The summed E-state index contributed by atoms with van der Waals surface area (Å²) >= 11 is 6.07. The van der Waals surface area contributed by atoms with Crippen LogP contribution in [-0.4, -0.2) is 73.1 Å². The molecule has 2 aliphatic rings. The molecule has 0 spiro atoms. The molecule has 28 heavy (non-hydrogen) atoms. The Morgan fingerprint density at radius 2 is 1.79 bits per heavy atom. The van der Waals surface area contributed by atoms with E-state index in [9.17, 15) is 9.18 Å². The number of amides is 2. The van der Waals surface area contributed by atoms with Crippen LogP contribution in [0.1, 0.15) is 38.5 Å². The van der Waals surface area contributed by atoms with E-state index in [4.69, 9.17) is 11.6 Å². The first-order valence-corrected chi connectivity index (χ1v) is 10.6. The average Bonchev–Trinajstić information content (AvgIpc) is 2.69. The van der Waals surface area contributed by atoms with Gasteiger partial charge in [0.15, 0.2) is 0 Å². The summed E-state index contributed by atoms with van der Waals surface area (Å²) in [6.45, 7) is 2.26. The summed E-state index contributed by atoms with van der Waals surface area (Å²) in [6, 6.07) is 4.94. The molecule has 0 radical (unpaired) electrons. The maximum absolute atomic E-state index is 13.3. The van der Waals surface area contributed by atoms with Crippen LogP contribution in [0, 0.1) is 5.82 Å². The molecule has 3 rings (SSSR count). The maximum atomic E-state index is 13.3. The second-order valence-corrected chi connectivity index (χ2v) is 8.69. The molecule has 2 atom stereocenters. The molecule has 5 nitrogen and oxygen atoms in total. The van der Waals surface area contributed by atoms with Crippen LogP contribution in [0.25, 0.3) is 0 Å². The van der Waals surface area contributed by atoms with Crippen LogP contribution in [-0.2, 0) is 0 Å². The number of anilines is 1. The largest absolute Gasteiger partial charge is 0.323 e. The molecule has 0 bridgehead atoms. The molecule has 2 fully saturated rings. The Balaban J connectivity index is 1.67. The lowest BCUT2D eigenvalue weighted by molar-refractivity contribution is 0.0443. The third-order valence-corrected chi connectivity index (χ3v) is 6.78. The highest BCUT2D eigenvalue weighted by Gasteiger charge is 2.36. The number of carbonyl (C=O) groups excluding carboxylic acids is 1. The first kappa shape index (κ1) is 21.3. The number of likely N-dealkylation sites (N-methyl/N-ethyl adjacent to an activating group) is 2. The highest BCUT2D eigenvalue weighted by atomic mass is 35.5. The Morgan fingerprint density at radius 3 is 2.43 bits per heavy atom.